The summed E-state index contributed by atoms with van der Waals surface area (Å²) in [5.41, 5.74) is -3.87. The van der Waals surface area contributed by atoms with Crippen LogP contribution in [0.2, 0.25) is 0 Å². The molecule has 3 saturated heterocycles. The van der Waals surface area contributed by atoms with Crippen LogP contribution in [-0.4, -0.2) is 95.4 Å². The van der Waals surface area contributed by atoms with E-state index in [-0.39, 0.29) is 93.7 Å². The molecule has 2 bridgehead atoms. The van der Waals surface area contributed by atoms with Crippen LogP contribution in [0.5, 0.6) is 11.8 Å². The molecule has 328 valence electrons. The van der Waals surface area contributed by atoms with Crippen molar-refractivity contribution in [1.29, 1.82) is 5.26 Å². The van der Waals surface area contributed by atoms with E-state index in [4.69, 9.17) is 23.9 Å². The van der Waals surface area contributed by atoms with Crippen molar-refractivity contribution in [3.63, 3.8) is 0 Å². The molecule has 2 N–H and O–H groups in total. The number of nitrogens with one attached hydrogen (secondary N) is 2. The molecule has 0 aliphatic carbocycles. The second-order valence-electron chi connectivity index (χ2n) is 18.0. The van der Waals surface area contributed by atoms with Gasteiger partial charge in [-0.2, -0.15) is 15.2 Å². The predicted octanol–water partition coefficient (Wildman–Crippen LogP) is 9.38. The first kappa shape index (κ1) is 43.9. The number of benzene rings is 2. The van der Waals surface area contributed by atoms with Crippen LogP contribution in [0.3, 0.4) is 0 Å². The third kappa shape index (κ3) is 8.68. The summed E-state index contributed by atoms with van der Waals surface area (Å²) in [7, 11) is 1.21. The SMILES string of the molecule is CCCC[C@@]1(COc2nc(N3CC4CCC(C3)N4C(=O)OC(C)(C)C)c3c(OC)c(F)c(-c4ccc(F)c5sc(NC(=O)OC(C)(C)C)c(C#N)c45)c(F)c3n2)C[C@@H](F)CN1. The number of hydrogen-bond acceptors (Lipinski definition) is 12. The van der Waals surface area contributed by atoms with E-state index < -0.39 is 63.9 Å². The second kappa shape index (κ2) is 16.6. The fraction of sp³-hybridized carbons (Fsp3) is 0.558. The summed E-state index contributed by atoms with van der Waals surface area (Å²) in [5.74, 6) is -3.47. The number of thiophene rings is 1. The third-order valence-corrected chi connectivity index (χ3v) is 12.2. The van der Waals surface area contributed by atoms with E-state index in [2.05, 4.69) is 15.6 Å². The Balaban J connectivity index is 1.39. The van der Waals surface area contributed by atoms with Crippen molar-refractivity contribution >= 4 is 55.3 Å². The average Bonchev–Trinajstić information content (AvgIpc) is 3.83. The predicted molar refractivity (Wildman–Crippen MR) is 224 cm³/mol. The molecule has 61 heavy (non-hydrogen) atoms. The highest BCUT2D eigenvalue weighted by Gasteiger charge is 2.46. The molecule has 18 heteroatoms. The second-order valence-corrected chi connectivity index (χ2v) is 19.0. The van der Waals surface area contributed by atoms with Crippen LogP contribution in [0.15, 0.2) is 12.1 Å². The molecule has 2 unspecified atom stereocenters. The highest BCUT2D eigenvalue weighted by molar-refractivity contribution is 7.23. The highest BCUT2D eigenvalue weighted by atomic mass is 32.1. The summed E-state index contributed by atoms with van der Waals surface area (Å²) in [5, 5.41) is 15.8. The molecule has 2 amide bonds. The van der Waals surface area contributed by atoms with Gasteiger partial charge in [-0.25, -0.2) is 27.2 Å². The van der Waals surface area contributed by atoms with Crippen molar-refractivity contribution < 1.29 is 46.1 Å². The number of unbranched alkanes of at least 4 members (excludes halogenated alkanes) is 1. The van der Waals surface area contributed by atoms with Crippen LogP contribution in [-0.2, 0) is 9.47 Å². The Labute approximate surface area is 355 Å². The molecule has 0 radical (unpaired) electrons. The lowest BCUT2D eigenvalue weighted by Gasteiger charge is -2.42. The summed E-state index contributed by atoms with van der Waals surface area (Å²) in [6.07, 6.45) is 1.29. The standard InChI is InChI=1S/C43H51F4N7O6S/c1-9-10-15-43(16-22(44)18-49-43)21-58-38-50-33-30(36(51-38)53-19-23-11-12-24(20-53)54(23)40(56)60-42(5,6)7)34(57-8)32(47)29(31(33)46)25-13-14-27(45)35-28(25)26(17-48)37(61-35)52-39(55)59-41(2,3)4/h13-14,22-24,49H,9-12,15-16,18-21H2,1-8H3,(H,52,55)/t22-,23?,24?,43+/m1/s1. The number of carbonyl (C=O) groups is 2. The molecule has 3 aliphatic heterocycles. The zero-order valence-corrected chi connectivity index (χ0v) is 36.4. The number of piperazine rings is 1. The van der Waals surface area contributed by atoms with E-state index in [0.29, 0.717) is 30.6 Å². The van der Waals surface area contributed by atoms with Gasteiger partial charge in [-0.05, 0) is 72.4 Å². The minimum Gasteiger partial charge on any atom is -0.493 e. The first-order valence-corrected chi connectivity index (χ1v) is 21.3. The molecule has 2 aromatic heterocycles. The molecule has 0 saturated carbocycles. The van der Waals surface area contributed by atoms with E-state index in [1.165, 1.54) is 7.11 Å². The van der Waals surface area contributed by atoms with Gasteiger partial charge in [0.1, 0.15) is 52.2 Å². The van der Waals surface area contributed by atoms with E-state index in [1.54, 1.807) is 46.4 Å². The van der Waals surface area contributed by atoms with Crippen molar-refractivity contribution in [3.05, 3.63) is 35.1 Å². The zero-order valence-electron chi connectivity index (χ0n) is 35.6. The number of rotatable bonds is 10. The number of nitrogens with zero attached hydrogens (tertiary/aromatic N) is 5. The van der Waals surface area contributed by atoms with Crippen LogP contribution in [0.1, 0.15) is 92.6 Å². The molecule has 7 rings (SSSR count). The summed E-state index contributed by atoms with van der Waals surface area (Å²) >= 11 is 0.715. The number of fused-ring (bicyclic) bond motifs is 4. The van der Waals surface area contributed by atoms with Crippen molar-refractivity contribution in [3.8, 4) is 29.0 Å². The van der Waals surface area contributed by atoms with E-state index in [1.807, 2.05) is 17.9 Å². The van der Waals surface area contributed by atoms with Gasteiger partial charge in [-0.1, -0.05) is 25.8 Å². The Kier molecular flexibility index (Phi) is 12.0. The first-order chi connectivity index (χ1) is 28.8. The van der Waals surface area contributed by atoms with Crippen LogP contribution in [0.4, 0.5) is 38.0 Å². The number of ether oxygens (including phenoxy) is 4. The lowest BCUT2D eigenvalue weighted by molar-refractivity contribution is 0.0122. The first-order valence-electron chi connectivity index (χ1n) is 20.5. The van der Waals surface area contributed by atoms with Gasteiger partial charge < -0.3 is 29.2 Å². The monoisotopic (exact) mass is 869 g/mol. The summed E-state index contributed by atoms with van der Waals surface area (Å²) < 4.78 is 88.0. The van der Waals surface area contributed by atoms with Crippen molar-refractivity contribution in [1.82, 2.24) is 20.2 Å². The minimum atomic E-state index is -1.18. The van der Waals surface area contributed by atoms with Crippen molar-refractivity contribution in [2.75, 3.05) is 43.6 Å². The maximum Gasteiger partial charge on any atom is 0.412 e. The average molecular weight is 870 g/mol. The van der Waals surface area contributed by atoms with Gasteiger partial charge in [-0.15, -0.1) is 11.3 Å². The lowest BCUT2D eigenvalue weighted by atomic mass is 9.91. The van der Waals surface area contributed by atoms with E-state index in [0.717, 1.165) is 25.0 Å². The van der Waals surface area contributed by atoms with E-state index >= 15 is 13.2 Å². The van der Waals surface area contributed by atoms with Crippen molar-refractivity contribution in [2.45, 2.75) is 122 Å². The van der Waals surface area contributed by atoms with Gasteiger partial charge in [0.05, 0.1) is 45.9 Å². The molecule has 4 aromatic rings. The molecule has 5 heterocycles. The summed E-state index contributed by atoms with van der Waals surface area (Å²) in [6, 6.07) is 3.25. The normalized spacial score (nSPS) is 21.5. The molecule has 0 spiro atoms. The number of nitriles is 1. The number of methoxy groups -OCH3 is 1. The molecule has 3 fully saturated rings. The Morgan fingerprint density at radius 1 is 1.03 bits per heavy atom. The molecular weight excluding hydrogens is 819 g/mol. The third-order valence-electron chi connectivity index (χ3n) is 11.1. The molecule has 2 aromatic carbocycles. The van der Waals surface area contributed by atoms with Crippen molar-refractivity contribution in [2.24, 2.45) is 0 Å². The van der Waals surface area contributed by atoms with Gasteiger partial charge in [0.15, 0.2) is 17.4 Å². The quantitative estimate of drug-likeness (QED) is 0.147. The highest BCUT2D eigenvalue weighted by Crippen LogP contribution is 2.49. The maximum absolute atomic E-state index is 17.6. The fourth-order valence-corrected chi connectivity index (χ4v) is 9.67. The Bertz CT molecular complexity index is 2400. The molecule has 13 nitrogen and oxygen atoms in total. The lowest BCUT2D eigenvalue weighted by Crippen LogP contribution is -2.57. The van der Waals surface area contributed by atoms with Gasteiger partial charge in [0, 0.05) is 31.4 Å². The number of halogens is 4. The summed E-state index contributed by atoms with van der Waals surface area (Å²) in [6.45, 7) is 12.9. The van der Waals surface area contributed by atoms with E-state index in [9.17, 15) is 19.2 Å². The topological polar surface area (TPSA) is 151 Å². The Morgan fingerprint density at radius 2 is 1.72 bits per heavy atom. The van der Waals surface area contributed by atoms with Gasteiger partial charge >= 0.3 is 18.2 Å². The Hall–Kier alpha value is -5.15. The maximum atomic E-state index is 17.6. The fourth-order valence-electron chi connectivity index (χ4n) is 8.60. The molecule has 3 aliphatic rings. The number of amides is 2. The number of hydrogen-bond donors (Lipinski definition) is 2. The summed E-state index contributed by atoms with van der Waals surface area (Å²) in [4.78, 5) is 39.0. The largest absolute Gasteiger partial charge is 0.493 e. The van der Waals surface area contributed by atoms with Crippen LogP contribution in [0.25, 0.3) is 32.1 Å². The minimum absolute atomic E-state index is 0.0463. The van der Waals surface area contributed by atoms with Gasteiger partial charge in [0.2, 0.25) is 0 Å². The van der Waals surface area contributed by atoms with Gasteiger partial charge in [-0.3, -0.25) is 10.2 Å². The number of anilines is 2. The Morgan fingerprint density at radius 3 is 2.31 bits per heavy atom. The molecular formula is C43H51F4N7O6S. The number of alkyl halides is 1. The zero-order chi connectivity index (χ0) is 44.2. The smallest absolute Gasteiger partial charge is 0.412 e. The van der Waals surface area contributed by atoms with Crippen LogP contribution in [0, 0.1) is 28.8 Å². The molecule has 4 atom stereocenters. The number of carbonyl (C=O) groups excluding carboxylic acids is 2. The number of aromatic nitrogens is 2. The van der Waals surface area contributed by atoms with Gasteiger partial charge in [0.25, 0.3) is 0 Å². The van der Waals surface area contributed by atoms with Crippen LogP contribution >= 0.6 is 11.3 Å². The van der Waals surface area contributed by atoms with Crippen LogP contribution < -0.4 is 25.0 Å².